The first kappa shape index (κ1) is 9.96. The number of hydrogen-bond acceptors (Lipinski definition) is 3. The highest BCUT2D eigenvalue weighted by Gasteiger charge is 2.22. The van der Waals surface area contributed by atoms with Crippen LogP contribution in [0, 0.1) is 5.92 Å². The van der Waals surface area contributed by atoms with Gasteiger partial charge in [0, 0.05) is 25.2 Å². The Labute approximate surface area is 75.1 Å². The van der Waals surface area contributed by atoms with Gasteiger partial charge in [-0.2, -0.15) is 0 Å². The van der Waals surface area contributed by atoms with Gasteiger partial charge in [-0.3, -0.25) is 0 Å². The van der Waals surface area contributed by atoms with Crippen LogP contribution in [0.4, 0.5) is 0 Å². The molecule has 1 fully saturated rings. The minimum absolute atomic E-state index is 0.284. The Morgan fingerprint density at radius 2 is 2.25 bits per heavy atom. The van der Waals surface area contributed by atoms with E-state index in [4.69, 9.17) is 11.5 Å². The first-order valence-electron chi connectivity index (χ1n) is 4.83. The second kappa shape index (κ2) is 4.21. The zero-order valence-electron chi connectivity index (χ0n) is 8.16. The SMILES string of the molecule is CC(N)CN1CCC(N)C(C)C1. The molecule has 4 N–H and O–H groups in total. The number of rotatable bonds is 2. The van der Waals surface area contributed by atoms with E-state index in [0.29, 0.717) is 12.0 Å². The Bertz CT molecular complexity index is 136. The summed E-state index contributed by atoms with van der Waals surface area (Å²) in [7, 11) is 0. The molecule has 0 amide bonds. The molecule has 0 aromatic carbocycles. The molecule has 0 saturated carbocycles. The first-order valence-corrected chi connectivity index (χ1v) is 4.83. The fourth-order valence-corrected chi connectivity index (χ4v) is 1.82. The Hall–Kier alpha value is -0.120. The van der Waals surface area contributed by atoms with Crippen LogP contribution >= 0.6 is 0 Å². The molecule has 3 heteroatoms. The summed E-state index contributed by atoms with van der Waals surface area (Å²) in [5.41, 5.74) is 11.6. The van der Waals surface area contributed by atoms with Gasteiger partial charge < -0.3 is 16.4 Å². The van der Waals surface area contributed by atoms with Crippen molar-refractivity contribution in [3.05, 3.63) is 0 Å². The monoisotopic (exact) mass is 171 g/mol. The van der Waals surface area contributed by atoms with Crippen molar-refractivity contribution < 1.29 is 0 Å². The van der Waals surface area contributed by atoms with Crippen molar-refractivity contribution >= 4 is 0 Å². The quantitative estimate of drug-likeness (QED) is 0.615. The lowest BCUT2D eigenvalue weighted by Gasteiger charge is -2.35. The minimum Gasteiger partial charge on any atom is -0.327 e. The Balaban J connectivity index is 2.30. The van der Waals surface area contributed by atoms with Gasteiger partial charge in [-0.1, -0.05) is 6.92 Å². The van der Waals surface area contributed by atoms with E-state index in [0.717, 1.165) is 26.1 Å². The van der Waals surface area contributed by atoms with E-state index in [1.165, 1.54) is 0 Å². The molecule has 0 aromatic heterocycles. The van der Waals surface area contributed by atoms with Crippen molar-refractivity contribution in [2.75, 3.05) is 19.6 Å². The zero-order chi connectivity index (χ0) is 9.14. The van der Waals surface area contributed by atoms with Gasteiger partial charge in [0.1, 0.15) is 0 Å². The predicted octanol–water partition coefficient (Wildman–Crippen LogP) is 0.00270. The maximum Gasteiger partial charge on any atom is 0.0139 e. The van der Waals surface area contributed by atoms with Crippen LogP contribution < -0.4 is 11.5 Å². The molecule has 12 heavy (non-hydrogen) atoms. The van der Waals surface area contributed by atoms with Crippen LogP contribution in [0.2, 0.25) is 0 Å². The predicted molar refractivity (Wildman–Crippen MR) is 51.8 cm³/mol. The lowest BCUT2D eigenvalue weighted by molar-refractivity contribution is 0.159. The molecule has 3 unspecified atom stereocenters. The molecule has 1 rings (SSSR count). The number of piperidine rings is 1. The van der Waals surface area contributed by atoms with Crippen molar-refractivity contribution in [2.24, 2.45) is 17.4 Å². The molecule has 3 nitrogen and oxygen atoms in total. The maximum atomic E-state index is 5.91. The van der Waals surface area contributed by atoms with Gasteiger partial charge >= 0.3 is 0 Å². The van der Waals surface area contributed by atoms with Crippen molar-refractivity contribution in [3.63, 3.8) is 0 Å². The topological polar surface area (TPSA) is 55.3 Å². The molecular formula is C9H21N3. The molecule has 0 aliphatic carbocycles. The number of nitrogens with zero attached hydrogens (tertiary/aromatic N) is 1. The van der Waals surface area contributed by atoms with Gasteiger partial charge in [-0.05, 0) is 25.8 Å². The van der Waals surface area contributed by atoms with Crippen molar-refractivity contribution in [1.82, 2.24) is 4.90 Å². The summed E-state index contributed by atoms with van der Waals surface area (Å²) in [4.78, 5) is 2.42. The number of likely N-dealkylation sites (tertiary alicyclic amines) is 1. The summed E-state index contributed by atoms with van der Waals surface area (Å²) in [6.07, 6.45) is 1.12. The standard InChI is InChI=1S/C9H21N3/c1-7-5-12(6-8(2)10)4-3-9(7)11/h7-9H,3-6,10-11H2,1-2H3. The van der Waals surface area contributed by atoms with Crippen LogP contribution in [0.15, 0.2) is 0 Å². The second-order valence-electron chi connectivity index (χ2n) is 4.17. The highest BCUT2D eigenvalue weighted by atomic mass is 15.1. The molecule has 1 heterocycles. The fourth-order valence-electron chi connectivity index (χ4n) is 1.82. The summed E-state index contributed by atoms with van der Waals surface area (Å²) in [5, 5.41) is 0. The van der Waals surface area contributed by atoms with Crippen molar-refractivity contribution in [3.8, 4) is 0 Å². The van der Waals surface area contributed by atoms with Gasteiger partial charge in [-0.25, -0.2) is 0 Å². The number of nitrogens with two attached hydrogens (primary N) is 2. The van der Waals surface area contributed by atoms with Gasteiger partial charge in [0.15, 0.2) is 0 Å². The maximum absolute atomic E-state index is 5.91. The lowest BCUT2D eigenvalue weighted by atomic mass is 9.94. The van der Waals surface area contributed by atoms with E-state index in [1.807, 2.05) is 0 Å². The average molecular weight is 171 g/mol. The average Bonchev–Trinajstić information content (AvgIpc) is 1.96. The summed E-state index contributed by atoms with van der Waals surface area (Å²) in [5.74, 6) is 0.623. The van der Waals surface area contributed by atoms with E-state index in [2.05, 4.69) is 18.7 Å². The molecule has 0 aromatic rings. The molecule has 1 aliphatic rings. The van der Waals surface area contributed by atoms with E-state index in [-0.39, 0.29) is 6.04 Å². The van der Waals surface area contributed by atoms with Crippen LogP contribution in [0.25, 0.3) is 0 Å². The van der Waals surface area contributed by atoms with E-state index in [9.17, 15) is 0 Å². The third-order valence-electron chi connectivity index (χ3n) is 2.60. The molecule has 3 atom stereocenters. The normalized spacial score (nSPS) is 35.0. The Morgan fingerprint density at radius 1 is 1.58 bits per heavy atom. The minimum atomic E-state index is 0.284. The molecule has 72 valence electrons. The summed E-state index contributed by atoms with van der Waals surface area (Å²) >= 11 is 0. The Kier molecular flexibility index (Phi) is 3.50. The fraction of sp³-hybridized carbons (Fsp3) is 1.00. The van der Waals surface area contributed by atoms with Crippen LogP contribution in [0.1, 0.15) is 20.3 Å². The highest BCUT2D eigenvalue weighted by Crippen LogP contribution is 2.14. The van der Waals surface area contributed by atoms with Gasteiger partial charge in [-0.15, -0.1) is 0 Å². The molecular weight excluding hydrogens is 150 g/mol. The molecule has 0 radical (unpaired) electrons. The van der Waals surface area contributed by atoms with Gasteiger partial charge in [0.05, 0.1) is 0 Å². The highest BCUT2D eigenvalue weighted by molar-refractivity contribution is 4.81. The van der Waals surface area contributed by atoms with Crippen molar-refractivity contribution in [1.29, 1.82) is 0 Å². The van der Waals surface area contributed by atoms with E-state index in [1.54, 1.807) is 0 Å². The van der Waals surface area contributed by atoms with Gasteiger partial charge in [0.2, 0.25) is 0 Å². The van der Waals surface area contributed by atoms with Crippen LogP contribution in [-0.2, 0) is 0 Å². The summed E-state index contributed by atoms with van der Waals surface area (Å²) in [6, 6.07) is 0.681. The third-order valence-corrected chi connectivity index (χ3v) is 2.60. The zero-order valence-corrected chi connectivity index (χ0v) is 8.16. The van der Waals surface area contributed by atoms with E-state index >= 15 is 0 Å². The van der Waals surface area contributed by atoms with Gasteiger partial charge in [0.25, 0.3) is 0 Å². The summed E-state index contributed by atoms with van der Waals surface area (Å²) < 4.78 is 0. The molecule has 0 bridgehead atoms. The smallest absolute Gasteiger partial charge is 0.0139 e. The van der Waals surface area contributed by atoms with Crippen LogP contribution in [-0.4, -0.2) is 36.6 Å². The van der Waals surface area contributed by atoms with Crippen LogP contribution in [0.5, 0.6) is 0 Å². The van der Waals surface area contributed by atoms with Crippen molar-refractivity contribution in [2.45, 2.75) is 32.4 Å². The molecule has 1 saturated heterocycles. The van der Waals surface area contributed by atoms with Crippen LogP contribution in [0.3, 0.4) is 0 Å². The number of hydrogen-bond donors (Lipinski definition) is 2. The molecule has 1 aliphatic heterocycles. The first-order chi connectivity index (χ1) is 5.59. The third kappa shape index (κ3) is 2.73. The lowest BCUT2D eigenvalue weighted by Crippen LogP contribution is -2.48. The Morgan fingerprint density at radius 3 is 2.75 bits per heavy atom. The van der Waals surface area contributed by atoms with E-state index < -0.39 is 0 Å². The summed E-state index contributed by atoms with van der Waals surface area (Å²) in [6.45, 7) is 7.52. The second-order valence-corrected chi connectivity index (χ2v) is 4.17. The molecule has 0 spiro atoms. The largest absolute Gasteiger partial charge is 0.327 e.